The first-order valence-corrected chi connectivity index (χ1v) is 19.8. The van der Waals surface area contributed by atoms with E-state index in [9.17, 15) is 0 Å². The van der Waals surface area contributed by atoms with Crippen LogP contribution < -0.4 is 11.5 Å². The Balaban J connectivity index is 1.14. The van der Waals surface area contributed by atoms with Gasteiger partial charge in [-0.25, -0.2) is 4.98 Å². The third-order valence-corrected chi connectivity index (χ3v) is 11.0. The average molecular weight is 746 g/mol. The van der Waals surface area contributed by atoms with Crippen molar-refractivity contribution in [1.82, 2.24) is 4.98 Å². The Labute approximate surface area is 341 Å². The van der Waals surface area contributed by atoms with E-state index < -0.39 is 6.04 Å². The number of nitrogen functional groups attached to an aromatic ring is 1. The molecule has 0 aliphatic rings. The Morgan fingerprint density at radius 1 is 0.310 bits per heavy atom. The van der Waals surface area contributed by atoms with E-state index in [-0.39, 0.29) is 5.92 Å². The number of nitrogens with two attached hydrogens (primary N) is 2. The molecule has 58 heavy (non-hydrogen) atoms. The molecule has 1 heterocycles. The molecule has 9 rings (SSSR count). The van der Waals surface area contributed by atoms with Crippen LogP contribution in [0.3, 0.4) is 0 Å². The lowest BCUT2D eigenvalue weighted by molar-refractivity contribution is 0.631. The van der Waals surface area contributed by atoms with Gasteiger partial charge < -0.3 is 11.5 Å². The number of anilines is 1. The van der Waals surface area contributed by atoms with Crippen molar-refractivity contribution in [3.8, 4) is 67.0 Å². The number of hydrogen-bond donors (Lipinski definition) is 2. The van der Waals surface area contributed by atoms with Gasteiger partial charge in [-0.05, 0) is 104 Å². The van der Waals surface area contributed by atoms with Crippen LogP contribution in [0.5, 0.6) is 0 Å². The molecule has 278 valence electrons. The zero-order valence-corrected chi connectivity index (χ0v) is 32.1. The molecule has 0 aliphatic carbocycles. The van der Waals surface area contributed by atoms with Gasteiger partial charge in [0.2, 0.25) is 0 Å². The topological polar surface area (TPSA) is 64.9 Å². The summed E-state index contributed by atoms with van der Waals surface area (Å²) in [4.78, 5) is 5.18. The maximum absolute atomic E-state index is 7.52. The quantitative estimate of drug-likeness (QED) is 0.137. The molecular weight excluding hydrogens is 703 g/mol. The van der Waals surface area contributed by atoms with E-state index in [1.165, 1.54) is 0 Å². The minimum absolute atomic E-state index is 0.201. The van der Waals surface area contributed by atoms with E-state index in [2.05, 4.69) is 194 Å². The van der Waals surface area contributed by atoms with Crippen LogP contribution in [0.2, 0.25) is 0 Å². The minimum Gasteiger partial charge on any atom is -0.398 e. The molecule has 0 amide bonds. The highest BCUT2D eigenvalue weighted by Crippen LogP contribution is 2.42. The summed E-state index contributed by atoms with van der Waals surface area (Å²) in [6.07, 6.45) is 0. The van der Waals surface area contributed by atoms with Crippen molar-refractivity contribution >= 4 is 5.69 Å². The Bertz CT molecular complexity index is 2710. The van der Waals surface area contributed by atoms with E-state index in [0.29, 0.717) is 0 Å². The molecule has 0 aliphatic heterocycles. The maximum Gasteiger partial charge on any atom is 0.0715 e. The molecule has 3 heteroatoms. The van der Waals surface area contributed by atoms with Crippen LogP contribution in [0.4, 0.5) is 5.69 Å². The molecule has 0 saturated heterocycles. The largest absolute Gasteiger partial charge is 0.398 e. The van der Waals surface area contributed by atoms with Gasteiger partial charge in [-0.2, -0.15) is 0 Å². The monoisotopic (exact) mass is 745 g/mol. The second-order valence-electron chi connectivity index (χ2n) is 14.8. The molecule has 1 unspecified atom stereocenters. The molecule has 9 aromatic rings. The third-order valence-electron chi connectivity index (χ3n) is 11.0. The SMILES string of the molecule is Nc1ccc(-c2ccccc2)cc1C(c1ccccc1)[C@@H](N)c1cc(-c2ccccc2)cc(-c2ccc(-c3cc(-c4ccccc4)cc(-c4ccccc4)n3)cc2)c1. The van der Waals surface area contributed by atoms with Crippen molar-refractivity contribution in [2.75, 3.05) is 5.73 Å². The normalized spacial score (nSPS) is 12.2. The molecule has 0 bridgehead atoms. The van der Waals surface area contributed by atoms with Crippen LogP contribution in [0.25, 0.3) is 67.0 Å². The lowest BCUT2D eigenvalue weighted by atomic mass is 9.79. The number of benzene rings is 8. The second-order valence-corrected chi connectivity index (χ2v) is 14.8. The van der Waals surface area contributed by atoms with Crippen LogP contribution in [-0.2, 0) is 0 Å². The fourth-order valence-electron chi connectivity index (χ4n) is 7.96. The molecule has 4 N–H and O–H groups in total. The fraction of sp³-hybridized carbons (Fsp3) is 0.0364. The van der Waals surface area contributed by atoms with Crippen LogP contribution >= 0.6 is 0 Å². The number of aromatic nitrogens is 1. The van der Waals surface area contributed by atoms with Crippen molar-refractivity contribution < 1.29 is 0 Å². The lowest BCUT2D eigenvalue weighted by Gasteiger charge is -2.28. The van der Waals surface area contributed by atoms with Gasteiger partial charge in [-0.15, -0.1) is 0 Å². The minimum atomic E-state index is -0.404. The van der Waals surface area contributed by atoms with Crippen molar-refractivity contribution in [3.63, 3.8) is 0 Å². The molecule has 2 atom stereocenters. The third kappa shape index (κ3) is 7.72. The highest BCUT2D eigenvalue weighted by molar-refractivity contribution is 5.79. The highest BCUT2D eigenvalue weighted by atomic mass is 14.7. The van der Waals surface area contributed by atoms with Crippen molar-refractivity contribution in [2.24, 2.45) is 5.73 Å². The van der Waals surface area contributed by atoms with Crippen LogP contribution in [0.15, 0.2) is 224 Å². The Morgan fingerprint density at radius 2 is 0.690 bits per heavy atom. The molecule has 3 nitrogen and oxygen atoms in total. The second kappa shape index (κ2) is 16.4. The van der Waals surface area contributed by atoms with E-state index in [1.807, 2.05) is 30.3 Å². The molecule has 0 radical (unpaired) electrons. The molecule has 0 fully saturated rings. The van der Waals surface area contributed by atoms with Gasteiger partial charge in [0.1, 0.15) is 0 Å². The highest BCUT2D eigenvalue weighted by Gasteiger charge is 2.27. The summed E-state index contributed by atoms with van der Waals surface area (Å²) >= 11 is 0. The van der Waals surface area contributed by atoms with E-state index >= 15 is 0 Å². The molecule has 1 aromatic heterocycles. The molecular formula is C55H43N3. The Morgan fingerprint density at radius 3 is 1.21 bits per heavy atom. The summed E-state index contributed by atoms with van der Waals surface area (Å²) < 4.78 is 0. The lowest BCUT2D eigenvalue weighted by Crippen LogP contribution is -2.22. The van der Waals surface area contributed by atoms with Gasteiger partial charge in [0.25, 0.3) is 0 Å². The van der Waals surface area contributed by atoms with Crippen molar-refractivity contribution in [2.45, 2.75) is 12.0 Å². The first kappa shape index (κ1) is 36.3. The van der Waals surface area contributed by atoms with E-state index in [1.54, 1.807) is 0 Å². The van der Waals surface area contributed by atoms with Gasteiger partial charge in [-0.1, -0.05) is 182 Å². The first-order valence-electron chi connectivity index (χ1n) is 19.8. The van der Waals surface area contributed by atoms with Gasteiger partial charge in [0.05, 0.1) is 11.4 Å². The summed E-state index contributed by atoms with van der Waals surface area (Å²) in [5.41, 5.74) is 31.2. The smallest absolute Gasteiger partial charge is 0.0715 e. The predicted molar refractivity (Wildman–Crippen MR) is 243 cm³/mol. The van der Waals surface area contributed by atoms with E-state index in [0.717, 1.165) is 89.4 Å². The van der Waals surface area contributed by atoms with E-state index in [4.69, 9.17) is 16.5 Å². The van der Waals surface area contributed by atoms with Gasteiger partial charge in [0.15, 0.2) is 0 Å². The molecule has 8 aromatic carbocycles. The van der Waals surface area contributed by atoms with Gasteiger partial charge in [-0.3, -0.25) is 0 Å². The Hall–Kier alpha value is -7.33. The standard InChI is InChI=1S/C55H43N3/c56-51-31-30-45(38-16-6-1-7-17-38)35-50(51)54(44-24-14-5-15-25-44)55(57)49-33-46(39-18-8-2-9-19-39)32-47(34-49)41-26-28-43(29-27-41)53-37-48(40-20-10-3-11-21-40)36-52(58-53)42-22-12-4-13-23-42/h1-37,54-55H,56-57H2/t54?,55-/m0/s1. The zero-order chi connectivity index (χ0) is 39.3. The summed E-state index contributed by atoms with van der Waals surface area (Å²) in [6.45, 7) is 0. The van der Waals surface area contributed by atoms with Crippen molar-refractivity contribution in [3.05, 3.63) is 241 Å². The average Bonchev–Trinajstić information content (AvgIpc) is 3.31. The Kier molecular flexibility index (Phi) is 10.3. The molecule has 0 saturated carbocycles. The summed E-state index contributed by atoms with van der Waals surface area (Å²) in [6, 6.07) is 78.2. The van der Waals surface area contributed by atoms with Crippen LogP contribution in [0, 0.1) is 0 Å². The number of pyridine rings is 1. The van der Waals surface area contributed by atoms with Gasteiger partial charge >= 0.3 is 0 Å². The summed E-state index contributed by atoms with van der Waals surface area (Å²) in [5, 5.41) is 0. The number of rotatable bonds is 10. The molecule has 0 spiro atoms. The van der Waals surface area contributed by atoms with Crippen LogP contribution in [-0.4, -0.2) is 4.98 Å². The number of nitrogens with zero attached hydrogens (tertiary/aromatic N) is 1. The van der Waals surface area contributed by atoms with Crippen LogP contribution in [0.1, 0.15) is 28.7 Å². The summed E-state index contributed by atoms with van der Waals surface area (Å²) in [5.74, 6) is -0.201. The predicted octanol–water partition coefficient (Wildman–Crippen LogP) is 13.5. The first-order chi connectivity index (χ1) is 28.6. The van der Waals surface area contributed by atoms with Gasteiger partial charge in [0, 0.05) is 28.8 Å². The number of hydrogen-bond acceptors (Lipinski definition) is 3. The summed E-state index contributed by atoms with van der Waals surface area (Å²) in [7, 11) is 0. The van der Waals surface area contributed by atoms with Crippen molar-refractivity contribution in [1.29, 1.82) is 0 Å². The fourth-order valence-corrected chi connectivity index (χ4v) is 7.96. The maximum atomic E-state index is 7.52. The zero-order valence-electron chi connectivity index (χ0n) is 32.1.